The molecule has 0 spiro atoms. The van der Waals surface area contributed by atoms with Crippen LogP contribution in [0.3, 0.4) is 0 Å². The maximum absolute atomic E-state index is 11.4. The standard InChI is InChI=1S/C10H17NO6/c1-10(2,3)17-9(16)6-11(4-7(12)13)5-8(14)15/h4-6H2,1-3H3,(H,12,13)(H,14,15). The highest BCUT2D eigenvalue weighted by molar-refractivity contribution is 5.76. The molecule has 2 N–H and O–H groups in total. The van der Waals surface area contributed by atoms with Crippen molar-refractivity contribution in [1.82, 2.24) is 4.90 Å². The third kappa shape index (κ3) is 9.31. The minimum absolute atomic E-state index is 0.365. The quantitative estimate of drug-likeness (QED) is 0.626. The Labute approximate surface area is 99.0 Å². The summed E-state index contributed by atoms with van der Waals surface area (Å²) in [5, 5.41) is 17.1. The van der Waals surface area contributed by atoms with Crippen molar-refractivity contribution in [1.29, 1.82) is 0 Å². The number of ether oxygens (including phenoxy) is 1. The van der Waals surface area contributed by atoms with Crippen molar-refractivity contribution in [2.75, 3.05) is 19.6 Å². The van der Waals surface area contributed by atoms with Gasteiger partial charge in [-0.2, -0.15) is 0 Å². The highest BCUT2D eigenvalue weighted by Crippen LogP contribution is 2.07. The summed E-state index contributed by atoms with van der Waals surface area (Å²) < 4.78 is 4.96. The number of carbonyl (C=O) groups is 3. The average molecular weight is 247 g/mol. The smallest absolute Gasteiger partial charge is 0.320 e. The summed E-state index contributed by atoms with van der Waals surface area (Å²) in [6.45, 7) is 3.60. The first-order chi connectivity index (χ1) is 7.60. The van der Waals surface area contributed by atoms with Crippen LogP contribution in [0.4, 0.5) is 0 Å². The molecule has 0 heterocycles. The normalized spacial score (nSPS) is 11.3. The zero-order valence-corrected chi connectivity index (χ0v) is 10.1. The van der Waals surface area contributed by atoms with Gasteiger partial charge in [0.1, 0.15) is 5.60 Å². The Kier molecular flexibility index (Phi) is 5.60. The molecule has 0 aromatic rings. The summed E-state index contributed by atoms with van der Waals surface area (Å²) in [5.74, 6) is -3.05. The first kappa shape index (κ1) is 15.4. The molecular weight excluding hydrogens is 230 g/mol. The van der Waals surface area contributed by atoms with Crippen LogP contribution in [-0.2, 0) is 19.1 Å². The molecule has 0 aliphatic rings. The lowest BCUT2D eigenvalue weighted by atomic mass is 10.2. The van der Waals surface area contributed by atoms with Crippen molar-refractivity contribution in [3.05, 3.63) is 0 Å². The second-order valence-corrected chi connectivity index (χ2v) is 4.52. The molecule has 0 bridgehead atoms. The maximum Gasteiger partial charge on any atom is 0.320 e. The van der Waals surface area contributed by atoms with Crippen molar-refractivity contribution in [2.45, 2.75) is 26.4 Å². The van der Waals surface area contributed by atoms with Crippen LogP contribution in [0.1, 0.15) is 20.8 Å². The van der Waals surface area contributed by atoms with Crippen molar-refractivity contribution in [3.63, 3.8) is 0 Å². The van der Waals surface area contributed by atoms with Crippen LogP contribution in [0.5, 0.6) is 0 Å². The predicted molar refractivity (Wildman–Crippen MR) is 57.6 cm³/mol. The van der Waals surface area contributed by atoms with Crippen molar-refractivity contribution in [2.24, 2.45) is 0 Å². The van der Waals surface area contributed by atoms with E-state index in [-0.39, 0.29) is 6.54 Å². The molecule has 0 aromatic heterocycles. The number of hydrogen-bond donors (Lipinski definition) is 2. The molecule has 0 rings (SSSR count). The van der Waals surface area contributed by atoms with Gasteiger partial charge in [-0.25, -0.2) is 0 Å². The highest BCUT2D eigenvalue weighted by atomic mass is 16.6. The van der Waals surface area contributed by atoms with Crippen LogP contribution in [0.2, 0.25) is 0 Å². The lowest BCUT2D eigenvalue weighted by Gasteiger charge is -2.22. The van der Waals surface area contributed by atoms with Crippen molar-refractivity contribution < 1.29 is 29.3 Å². The van der Waals surface area contributed by atoms with Gasteiger partial charge in [0.05, 0.1) is 19.6 Å². The fourth-order valence-corrected chi connectivity index (χ4v) is 1.11. The molecule has 0 aliphatic carbocycles. The fraction of sp³-hybridized carbons (Fsp3) is 0.700. The van der Waals surface area contributed by atoms with E-state index in [1.54, 1.807) is 20.8 Å². The van der Waals surface area contributed by atoms with E-state index in [1.165, 1.54) is 0 Å². The molecule has 0 atom stereocenters. The van der Waals surface area contributed by atoms with Crippen LogP contribution in [0.25, 0.3) is 0 Å². The molecule has 0 saturated heterocycles. The van der Waals surface area contributed by atoms with Crippen LogP contribution in [0.15, 0.2) is 0 Å². The van der Waals surface area contributed by atoms with Gasteiger partial charge < -0.3 is 14.9 Å². The highest BCUT2D eigenvalue weighted by Gasteiger charge is 2.21. The molecule has 0 aliphatic heterocycles. The summed E-state index contributed by atoms with van der Waals surface area (Å²) >= 11 is 0. The van der Waals surface area contributed by atoms with Gasteiger partial charge in [-0.3, -0.25) is 19.3 Å². The van der Waals surface area contributed by atoms with E-state index in [0.717, 1.165) is 4.90 Å². The Bertz CT molecular complexity index is 290. The third-order valence-electron chi connectivity index (χ3n) is 1.49. The largest absolute Gasteiger partial charge is 0.480 e. The van der Waals surface area contributed by atoms with E-state index in [2.05, 4.69) is 0 Å². The van der Waals surface area contributed by atoms with Crippen molar-refractivity contribution in [3.8, 4) is 0 Å². The zero-order chi connectivity index (χ0) is 13.6. The molecule has 0 amide bonds. The lowest BCUT2D eigenvalue weighted by molar-refractivity contribution is -0.157. The summed E-state index contributed by atoms with van der Waals surface area (Å²) in [6.07, 6.45) is 0. The van der Waals surface area contributed by atoms with Gasteiger partial charge in [0.25, 0.3) is 0 Å². The van der Waals surface area contributed by atoms with Gasteiger partial charge in [-0.1, -0.05) is 0 Å². The first-order valence-corrected chi connectivity index (χ1v) is 4.98. The summed E-state index contributed by atoms with van der Waals surface area (Å²) in [7, 11) is 0. The Morgan fingerprint density at radius 1 is 1.00 bits per heavy atom. The van der Waals surface area contributed by atoms with E-state index in [9.17, 15) is 14.4 Å². The SMILES string of the molecule is CC(C)(C)OC(=O)CN(CC(=O)O)CC(=O)O. The molecule has 0 fully saturated rings. The monoisotopic (exact) mass is 247 g/mol. The van der Waals surface area contributed by atoms with Crippen molar-refractivity contribution >= 4 is 17.9 Å². The Hall–Kier alpha value is -1.63. The van der Waals surface area contributed by atoms with Gasteiger partial charge in [0.15, 0.2) is 0 Å². The molecule has 0 radical (unpaired) electrons. The first-order valence-electron chi connectivity index (χ1n) is 4.98. The Morgan fingerprint density at radius 2 is 1.41 bits per heavy atom. The number of carboxylic acids is 2. The second-order valence-electron chi connectivity index (χ2n) is 4.52. The number of carbonyl (C=O) groups excluding carboxylic acids is 1. The van der Waals surface area contributed by atoms with Crippen LogP contribution in [-0.4, -0.2) is 58.3 Å². The average Bonchev–Trinajstić information content (AvgIpc) is 1.95. The van der Waals surface area contributed by atoms with Gasteiger partial charge in [0, 0.05) is 0 Å². The van der Waals surface area contributed by atoms with Gasteiger partial charge in [0.2, 0.25) is 0 Å². The molecule has 98 valence electrons. The predicted octanol–water partition coefficient (Wildman–Crippen LogP) is -0.201. The number of aliphatic carboxylic acids is 2. The molecule has 17 heavy (non-hydrogen) atoms. The van der Waals surface area contributed by atoms with Gasteiger partial charge >= 0.3 is 17.9 Å². The third-order valence-corrected chi connectivity index (χ3v) is 1.49. The van der Waals surface area contributed by atoms with E-state index in [0.29, 0.717) is 0 Å². The Morgan fingerprint density at radius 3 is 1.71 bits per heavy atom. The van der Waals surface area contributed by atoms with E-state index >= 15 is 0 Å². The number of carboxylic acid groups (broad SMARTS) is 2. The topological polar surface area (TPSA) is 104 Å². The molecule has 7 nitrogen and oxygen atoms in total. The number of nitrogens with zero attached hydrogens (tertiary/aromatic N) is 1. The summed E-state index contributed by atoms with van der Waals surface area (Å²) in [5.41, 5.74) is -0.685. The lowest BCUT2D eigenvalue weighted by Crippen LogP contribution is -2.40. The second kappa shape index (κ2) is 6.19. The van der Waals surface area contributed by atoms with E-state index in [4.69, 9.17) is 14.9 Å². The number of hydrogen-bond acceptors (Lipinski definition) is 5. The number of esters is 1. The summed E-state index contributed by atoms with van der Waals surface area (Å²) in [4.78, 5) is 33.3. The van der Waals surface area contributed by atoms with Gasteiger partial charge in [-0.05, 0) is 20.8 Å². The van der Waals surface area contributed by atoms with Gasteiger partial charge in [-0.15, -0.1) is 0 Å². The Balaban J connectivity index is 4.37. The fourth-order valence-electron chi connectivity index (χ4n) is 1.11. The van der Waals surface area contributed by atoms with Crippen LogP contribution < -0.4 is 0 Å². The molecule has 7 heteroatoms. The maximum atomic E-state index is 11.4. The van der Waals surface area contributed by atoms with Crippen LogP contribution >= 0.6 is 0 Å². The minimum atomic E-state index is -1.20. The summed E-state index contributed by atoms with van der Waals surface area (Å²) in [6, 6.07) is 0. The minimum Gasteiger partial charge on any atom is -0.480 e. The van der Waals surface area contributed by atoms with Crippen LogP contribution in [0, 0.1) is 0 Å². The zero-order valence-electron chi connectivity index (χ0n) is 10.1. The number of rotatable bonds is 6. The van der Waals surface area contributed by atoms with E-state index in [1.807, 2.05) is 0 Å². The molecule has 0 saturated carbocycles. The molecule has 0 unspecified atom stereocenters. The molecular formula is C10H17NO6. The molecule has 0 aromatic carbocycles. The van der Waals surface area contributed by atoms with E-state index < -0.39 is 36.6 Å².